The molecule has 1 heterocycles. The van der Waals surface area contributed by atoms with Gasteiger partial charge in [0.05, 0.1) is 0 Å². The van der Waals surface area contributed by atoms with Crippen molar-refractivity contribution in [3.63, 3.8) is 0 Å². The highest BCUT2D eigenvalue weighted by molar-refractivity contribution is 7.19. The number of hydrogen-bond donors (Lipinski definition) is 0. The van der Waals surface area contributed by atoms with Crippen molar-refractivity contribution < 1.29 is 0 Å². The van der Waals surface area contributed by atoms with Crippen molar-refractivity contribution in [3.8, 4) is 0 Å². The van der Waals surface area contributed by atoms with E-state index in [4.69, 9.17) is 0 Å². The van der Waals surface area contributed by atoms with E-state index in [1.807, 2.05) is 0 Å². The molecule has 2 unspecified atom stereocenters. The summed E-state index contributed by atoms with van der Waals surface area (Å²) < 4.78 is 1.55. The molecule has 0 saturated heterocycles. The van der Waals surface area contributed by atoms with Crippen LogP contribution in [0.2, 0.25) is 0 Å². The molecule has 0 amide bonds. The Morgan fingerprint density at radius 2 is 1.03 bits per heavy atom. The van der Waals surface area contributed by atoms with Gasteiger partial charge in [0.15, 0.2) is 0 Å². The highest BCUT2D eigenvalue weighted by Gasteiger charge is 2.17. The Labute approximate surface area is 217 Å². The highest BCUT2D eigenvalue weighted by atomic mass is 32.1. The summed E-state index contributed by atoms with van der Waals surface area (Å²) >= 11 is 2.12. The molecule has 2 aromatic rings. The van der Waals surface area contributed by atoms with Gasteiger partial charge in [-0.25, -0.2) is 0 Å². The van der Waals surface area contributed by atoms with Gasteiger partial charge in [0.1, 0.15) is 0 Å². The lowest BCUT2D eigenvalue weighted by molar-refractivity contribution is 0.498. The Hall–Kier alpha value is -0.820. The summed E-state index contributed by atoms with van der Waals surface area (Å²) in [5.74, 6) is 1.54. The van der Waals surface area contributed by atoms with E-state index in [0.717, 1.165) is 11.8 Å². The van der Waals surface area contributed by atoms with Gasteiger partial charge in [0.2, 0.25) is 0 Å². The molecule has 1 aromatic heterocycles. The molecule has 34 heavy (non-hydrogen) atoms. The first-order valence-corrected chi connectivity index (χ1v) is 16.1. The first kappa shape index (κ1) is 29.4. The molecular formula is C33H56S. The van der Waals surface area contributed by atoms with Crippen LogP contribution in [0.15, 0.2) is 24.3 Å². The van der Waals surface area contributed by atoms with Crippen molar-refractivity contribution in [2.45, 2.75) is 162 Å². The van der Waals surface area contributed by atoms with Crippen LogP contribution < -0.4 is 0 Å². The molecule has 194 valence electrons. The molecule has 0 bridgehead atoms. The van der Waals surface area contributed by atoms with Crippen LogP contribution in [0, 0.1) is 0 Å². The van der Waals surface area contributed by atoms with E-state index < -0.39 is 0 Å². The summed E-state index contributed by atoms with van der Waals surface area (Å²) in [4.78, 5) is 1.67. The van der Waals surface area contributed by atoms with Gasteiger partial charge in [-0.1, -0.05) is 136 Å². The van der Waals surface area contributed by atoms with Crippen LogP contribution in [0.25, 0.3) is 10.1 Å². The van der Waals surface area contributed by atoms with E-state index in [9.17, 15) is 0 Å². The van der Waals surface area contributed by atoms with Gasteiger partial charge in [-0.15, -0.1) is 11.3 Å². The standard InChI is InChI=1S/C33H56S/c1-5-9-13-16-19-23-29(22-18-15-11-7-3)32-27-31-25-24-30(26-33(31)34-32)28(20-12-8-4)21-17-14-10-6-2/h24-29H,5-23H2,1-4H3. The van der Waals surface area contributed by atoms with E-state index >= 15 is 0 Å². The second kappa shape index (κ2) is 18.4. The molecule has 0 fully saturated rings. The third-order valence-corrected chi connectivity index (χ3v) is 9.07. The second-order valence-electron chi connectivity index (χ2n) is 10.9. The normalized spacial score (nSPS) is 13.5. The minimum atomic E-state index is 0.759. The van der Waals surface area contributed by atoms with Crippen LogP contribution in [-0.4, -0.2) is 0 Å². The molecule has 0 nitrogen and oxygen atoms in total. The summed E-state index contributed by atoms with van der Waals surface area (Å²) in [5.41, 5.74) is 1.62. The maximum Gasteiger partial charge on any atom is 0.0348 e. The van der Waals surface area contributed by atoms with Gasteiger partial charge < -0.3 is 0 Å². The zero-order valence-corrected chi connectivity index (χ0v) is 24.1. The van der Waals surface area contributed by atoms with E-state index in [0.29, 0.717) is 0 Å². The molecule has 0 aliphatic heterocycles. The molecule has 1 heteroatoms. The molecule has 0 radical (unpaired) electrons. The Bertz CT molecular complexity index is 742. The zero-order chi connectivity index (χ0) is 24.4. The third kappa shape index (κ3) is 10.8. The average Bonchev–Trinajstić information content (AvgIpc) is 3.28. The summed E-state index contributed by atoms with van der Waals surface area (Å²) in [6.45, 7) is 9.30. The zero-order valence-electron chi connectivity index (χ0n) is 23.3. The molecule has 0 aliphatic rings. The number of unbranched alkanes of at least 4 members (excludes halogenated alkanes) is 11. The Morgan fingerprint density at radius 1 is 0.529 bits per heavy atom. The first-order valence-electron chi connectivity index (χ1n) is 15.3. The first-order chi connectivity index (χ1) is 16.7. The van der Waals surface area contributed by atoms with Crippen molar-refractivity contribution in [3.05, 3.63) is 34.7 Å². The second-order valence-corrected chi connectivity index (χ2v) is 12.0. The monoisotopic (exact) mass is 484 g/mol. The minimum Gasteiger partial charge on any atom is -0.140 e. The summed E-state index contributed by atoms with van der Waals surface area (Å²) in [5, 5.41) is 1.49. The number of benzene rings is 1. The highest BCUT2D eigenvalue weighted by Crippen LogP contribution is 2.39. The summed E-state index contributed by atoms with van der Waals surface area (Å²) in [7, 11) is 0. The van der Waals surface area contributed by atoms with Crippen LogP contribution in [0.4, 0.5) is 0 Å². The predicted octanol–water partition coefficient (Wildman–Crippen LogP) is 12.6. The van der Waals surface area contributed by atoms with Crippen LogP contribution in [0.3, 0.4) is 0 Å². The van der Waals surface area contributed by atoms with Crippen LogP contribution in [0.1, 0.15) is 172 Å². The van der Waals surface area contributed by atoms with Crippen LogP contribution >= 0.6 is 11.3 Å². The Morgan fingerprint density at radius 3 is 1.62 bits per heavy atom. The molecule has 0 saturated carbocycles. The van der Waals surface area contributed by atoms with Gasteiger partial charge in [0, 0.05) is 9.58 Å². The van der Waals surface area contributed by atoms with E-state index in [2.05, 4.69) is 63.3 Å². The maximum atomic E-state index is 2.58. The van der Waals surface area contributed by atoms with Crippen molar-refractivity contribution in [1.29, 1.82) is 0 Å². The molecular weight excluding hydrogens is 428 g/mol. The number of thiophene rings is 1. The van der Waals surface area contributed by atoms with E-state index in [1.165, 1.54) is 127 Å². The molecule has 0 spiro atoms. The van der Waals surface area contributed by atoms with Gasteiger partial charge in [0.25, 0.3) is 0 Å². The van der Waals surface area contributed by atoms with Gasteiger partial charge in [-0.05, 0) is 60.6 Å². The molecule has 2 rings (SSSR count). The lowest BCUT2D eigenvalue weighted by atomic mass is 9.88. The minimum absolute atomic E-state index is 0.759. The third-order valence-electron chi connectivity index (χ3n) is 7.81. The van der Waals surface area contributed by atoms with Crippen molar-refractivity contribution >= 4 is 21.4 Å². The fraction of sp³-hybridized carbons (Fsp3) is 0.758. The lowest BCUT2D eigenvalue weighted by Gasteiger charge is -2.17. The fourth-order valence-electron chi connectivity index (χ4n) is 5.51. The van der Waals surface area contributed by atoms with E-state index in [1.54, 1.807) is 15.1 Å². The Kier molecular flexibility index (Phi) is 16.0. The average molecular weight is 485 g/mol. The largest absolute Gasteiger partial charge is 0.140 e. The van der Waals surface area contributed by atoms with Crippen molar-refractivity contribution in [1.82, 2.24) is 0 Å². The molecule has 0 N–H and O–H groups in total. The topological polar surface area (TPSA) is 0 Å². The summed E-state index contributed by atoms with van der Waals surface area (Å²) in [6.07, 6.45) is 26.3. The smallest absolute Gasteiger partial charge is 0.0348 e. The number of rotatable bonds is 21. The summed E-state index contributed by atoms with van der Waals surface area (Å²) in [6, 6.07) is 10.1. The lowest BCUT2D eigenvalue weighted by Crippen LogP contribution is -1.99. The molecule has 2 atom stereocenters. The van der Waals surface area contributed by atoms with Crippen molar-refractivity contribution in [2.75, 3.05) is 0 Å². The Balaban J connectivity index is 2.11. The molecule has 1 aromatic carbocycles. The van der Waals surface area contributed by atoms with Gasteiger partial charge in [-0.3, -0.25) is 0 Å². The molecule has 0 aliphatic carbocycles. The van der Waals surface area contributed by atoms with Crippen molar-refractivity contribution in [2.24, 2.45) is 0 Å². The number of fused-ring (bicyclic) bond motifs is 1. The van der Waals surface area contributed by atoms with Gasteiger partial charge >= 0.3 is 0 Å². The SMILES string of the molecule is CCCCCCCC(CCCCCC)c1cc2ccc(C(CCCC)CCCCCC)cc2s1. The fourth-order valence-corrected chi connectivity index (χ4v) is 6.79. The maximum absolute atomic E-state index is 2.58. The van der Waals surface area contributed by atoms with Gasteiger partial charge in [-0.2, -0.15) is 0 Å². The van der Waals surface area contributed by atoms with Crippen LogP contribution in [0.5, 0.6) is 0 Å². The van der Waals surface area contributed by atoms with E-state index in [-0.39, 0.29) is 0 Å². The predicted molar refractivity (Wildman–Crippen MR) is 158 cm³/mol. The number of hydrogen-bond acceptors (Lipinski definition) is 1. The van der Waals surface area contributed by atoms with Crippen LogP contribution in [-0.2, 0) is 0 Å². The quantitative estimate of drug-likeness (QED) is 0.154.